The third-order valence-electron chi connectivity index (χ3n) is 4.33. The van der Waals surface area contributed by atoms with Crippen LogP contribution in [-0.2, 0) is 11.2 Å². The van der Waals surface area contributed by atoms with Crippen LogP contribution in [0.3, 0.4) is 0 Å². The number of nitrogens with one attached hydrogen (secondary N) is 1. The number of morpholine rings is 1. The number of carbonyl (C=O) groups is 1. The number of pyridine rings is 1. The summed E-state index contributed by atoms with van der Waals surface area (Å²) in [6.45, 7) is 3.76. The van der Waals surface area contributed by atoms with Crippen molar-refractivity contribution < 1.29 is 9.53 Å². The highest BCUT2D eigenvalue weighted by molar-refractivity contribution is 5.93. The number of benzene rings is 1. The molecule has 0 atom stereocenters. The van der Waals surface area contributed by atoms with E-state index in [1.165, 1.54) is 5.56 Å². The Hall–Kier alpha value is -2.60. The maximum Gasteiger partial charge on any atom is 0.321 e. The minimum Gasteiger partial charge on any atom is -0.378 e. The zero-order valence-electron chi connectivity index (χ0n) is 14.5. The zero-order chi connectivity index (χ0) is 17.5. The van der Waals surface area contributed by atoms with Crippen molar-refractivity contribution in [2.24, 2.45) is 0 Å². The number of hydrogen-bond acceptors (Lipinski definition) is 4. The van der Waals surface area contributed by atoms with E-state index in [-0.39, 0.29) is 6.03 Å². The van der Waals surface area contributed by atoms with Crippen molar-refractivity contribution in [3.05, 3.63) is 54.4 Å². The maximum atomic E-state index is 12.5. The SMILES string of the molecule is CN(CCc1ccncc1)C(=O)Nc1ccccc1N1CCOCC1. The summed E-state index contributed by atoms with van der Waals surface area (Å²) in [4.78, 5) is 20.5. The number of urea groups is 1. The highest BCUT2D eigenvalue weighted by Crippen LogP contribution is 2.26. The molecule has 3 rings (SSSR count). The predicted molar refractivity (Wildman–Crippen MR) is 99.1 cm³/mol. The third-order valence-corrected chi connectivity index (χ3v) is 4.33. The number of ether oxygens (including phenoxy) is 1. The molecule has 0 spiro atoms. The topological polar surface area (TPSA) is 57.7 Å². The summed E-state index contributed by atoms with van der Waals surface area (Å²) in [7, 11) is 1.81. The van der Waals surface area contributed by atoms with Crippen LogP contribution in [0.4, 0.5) is 16.2 Å². The van der Waals surface area contributed by atoms with Gasteiger partial charge in [-0.05, 0) is 36.2 Å². The van der Waals surface area contributed by atoms with E-state index in [4.69, 9.17) is 4.74 Å². The van der Waals surface area contributed by atoms with Gasteiger partial charge in [-0.25, -0.2) is 4.79 Å². The summed E-state index contributed by atoms with van der Waals surface area (Å²) in [5, 5.41) is 3.04. The standard InChI is InChI=1S/C19H24N4O2/c1-22(11-8-16-6-9-20-10-7-16)19(24)21-17-4-2-3-5-18(17)23-12-14-25-15-13-23/h2-7,9-10H,8,11-15H2,1H3,(H,21,24). The first-order chi connectivity index (χ1) is 12.2. The molecule has 0 unspecified atom stereocenters. The van der Waals surface area contributed by atoms with Crippen LogP contribution in [0, 0.1) is 0 Å². The van der Waals surface area contributed by atoms with Gasteiger partial charge in [-0.1, -0.05) is 12.1 Å². The summed E-state index contributed by atoms with van der Waals surface area (Å²) in [6, 6.07) is 11.8. The molecule has 0 aliphatic carbocycles. The van der Waals surface area contributed by atoms with E-state index in [1.54, 1.807) is 17.3 Å². The molecule has 1 saturated heterocycles. The van der Waals surface area contributed by atoms with Crippen molar-refractivity contribution in [1.29, 1.82) is 0 Å². The van der Waals surface area contributed by atoms with Crippen molar-refractivity contribution in [1.82, 2.24) is 9.88 Å². The van der Waals surface area contributed by atoms with E-state index in [0.29, 0.717) is 19.8 Å². The van der Waals surface area contributed by atoms with Gasteiger partial charge in [0.15, 0.2) is 0 Å². The summed E-state index contributed by atoms with van der Waals surface area (Å²) < 4.78 is 5.41. The molecule has 0 bridgehead atoms. The Morgan fingerprint density at radius 1 is 1.20 bits per heavy atom. The second-order valence-electron chi connectivity index (χ2n) is 6.07. The quantitative estimate of drug-likeness (QED) is 0.909. The maximum absolute atomic E-state index is 12.5. The van der Waals surface area contributed by atoms with Crippen LogP contribution >= 0.6 is 0 Å². The van der Waals surface area contributed by atoms with Crippen molar-refractivity contribution in [2.45, 2.75) is 6.42 Å². The molecule has 1 aromatic heterocycles. The van der Waals surface area contributed by atoms with Crippen LogP contribution in [0.15, 0.2) is 48.8 Å². The number of para-hydroxylation sites is 2. The molecule has 6 heteroatoms. The molecule has 1 fully saturated rings. The summed E-state index contributed by atoms with van der Waals surface area (Å²) in [5.41, 5.74) is 3.05. The van der Waals surface area contributed by atoms with Gasteiger partial charge in [-0.15, -0.1) is 0 Å². The smallest absolute Gasteiger partial charge is 0.321 e. The molecule has 1 aromatic carbocycles. The second-order valence-corrected chi connectivity index (χ2v) is 6.07. The third kappa shape index (κ3) is 4.70. The zero-order valence-corrected chi connectivity index (χ0v) is 14.5. The molecule has 0 radical (unpaired) electrons. The first-order valence-electron chi connectivity index (χ1n) is 8.57. The molecule has 1 aliphatic heterocycles. The molecule has 2 amide bonds. The van der Waals surface area contributed by atoms with E-state index in [0.717, 1.165) is 30.9 Å². The van der Waals surface area contributed by atoms with E-state index >= 15 is 0 Å². The van der Waals surface area contributed by atoms with Crippen molar-refractivity contribution in [3.63, 3.8) is 0 Å². The van der Waals surface area contributed by atoms with Gasteiger partial charge in [0.1, 0.15) is 0 Å². The number of carbonyl (C=O) groups excluding carboxylic acids is 1. The fourth-order valence-corrected chi connectivity index (χ4v) is 2.82. The number of anilines is 2. The number of nitrogens with zero attached hydrogens (tertiary/aromatic N) is 3. The number of hydrogen-bond donors (Lipinski definition) is 1. The lowest BCUT2D eigenvalue weighted by atomic mass is 10.2. The summed E-state index contributed by atoms with van der Waals surface area (Å²) >= 11 is 0. The van der Waals surface area contributed by atoms with Gasteiger partial charge < -0.3 is 19.9 Å². The van der Waals surface area contributed by atoms with Gasteiger partial charge in [-0.3, -0.25) is 4.98 Å². The lowest BCUT2D eigenvalue weighted by Crippen LogP contribution is -2.37. The van der Waals surface area contributed by atoms with Crippen molar-refractivity contribution in [3.8, 4) is 0 Å². The summed E-state index contributed by atoms with van der Waals surface area (Å²) in [5.74, 6) is 0. The Bertz CT molecular complexity index is 687. The van der Waals surface area contributed by atoms with Gasteiger partial charge in [0, 0.05) is 39.1 Å². The first kappa shape index (κ1) is 17.2. The van der Waals surface area contributed by atoms with Crippen LogP contribution in [-0.4, -0.2) is 55.8 Å². The minimum absolute atomic E-state index is 0.102. The van der Waals surface area contributed by atoms with Crippen molar-refractivity contribution in [2.75, 3.05) is 50.1 Å². The Morgan fingerprint density at radius 2 is 1.92 bits per heavy atom. The average Bonchev–Trinajstić information content (AvgIpc) is 2.68. The highest BCUT2D eigenvalue weighted by atomic mass is 16.5. The molecule has 6 nitrogen and oxygen atoms in total. The average molecular weight is 340 g/mol. The Morgan fingerprint density at radius 3 is 2.68 bits per heavy atom. The Balaban J connectivity index is 1.60. The molecule has 132 valence electrons. The Labute approximate surface area is 148 Å². The fourth-order valence-electron chi connectivity index (χ4n) is 2.82. The number of rotatable bonds is 5. The molecule has 25 heavy (non-hydrogen) atoms. The molecular weight excluding hydrogens is 316 g/mol. The largest absolute Gasteiger partial charge is 0.378 e. The summed E-state index contributed by atoms with van der Waals surface area (Å²) in [6.07, 6.45) is 4.35. The lowest BCUT2D eigenvalue weighted by Gasteiger charge is -2.31. The van der Waals surface area contributed by atoms with Gasteiger partial charge in [0.2, 0.25) is 0 Å². The molecule has 0 saturated carbocycles. The predicted octanol–water partition coefficient (Wildman–Crippen LogP) is 2.62. The van der Waals surface area contributed by atoms with Crippen LogP contribution in [0.5, 0.6) is 0 Å². The van der Waals surface area contributed by atoms with E-state index in [2.05, 4.69) is 15.2 Å². The highest BCUT2D eigenvalue weighted by Gasteiger charge is 2.17. The first-order valence-corrected chi connectivity index (χ1v) is 8.57. The van der Waals surface area contributed by atoms with Crippen LogP contribution < -0.4 is 10.2 Å². The van der Waals surface area contributed by atoms with E-state index in [1.807, 2.05) is 43.4 Å². The fraction of sp³-hybridized carbons (Fsp3) is 0.368. The molecule has 2 aromatic rings. The molecule has 1 N–H and O–H groups in total. The van der Waals surface area contributed by atoms with Crippen LogP contribution in [0.1, 0.15) is 5.56 Å². The Kier molecular flexibility index (Phi) is 5.85. The molecule has 2 heterocycles. The van der Waals surface area contributed by atoms with Gasteiger partial charge in [0.05, 0.1) is 24.6 Å². The van der Waals surface area contributed by atoms with E-state index in [9.17, 15) is 4.79 Å². The number of amides is 2. The van der Waals surface area contributed by atoms with E-state index < -0.39 is 0 Å². The molecule has 1 aliphatic rings. The molecular formula is C19H24N4O2. The van der Waals surface area contributed by atoms with Gasteiger partial charge in [0.25, 0.3) is 0 Å². The minimum atomic E-state index is -0.102. The van der Waals surface area contributed by atoms with Crippen LogP contribution in [0.25, 0.3) is 0 Å². The second kappa shape index (κ2) is 8.48. The van der Waals surface area contributed by atoms with Gasteiger partial charge in [-0.2, -0.15) is 0 Å². The lowest BCUT2D eigenvalue weighted by molar-refractivity contribution is 0.123. The van der Waals surface area contributed by atoms with Crippen molar-refractivity contribution >= 4 is 17.4 Å². The normalized spacial score (nSPS) is 14.2. The number of likely N-dealkylation sites (N-methyl/N-ethyl adjacent to an activating group) is 1. The van der Waals surface area contributed by atoms with Crippen LogP contribution in [0.2, 0.25) is 0 Å². The van der Waals surface area contributed by atoms with Gasteiger partial charge >= 0.3 is 6.03 Å². The monoisotopic (exact) mass is 340 g/mol. The number of aromatic nitrogens is 1.